The van der Waals surface area contributed by atoms with Crippen molar-refractivity contribution in [3.05, 3.63) is 17.5 Å². The lowest BCUT2D eigenvalue weighted by atomic mass is 9.98. The highest BCUT2D eigenvalue weighted by atomic mass is 32.2. The number of hydrogen-bond acceptors (Lipinski definition) is 7. The van der Waals surface area contributed by atoms with Gasteiger partial charge in [-0.25, -0.2) is 13.2 Å². The number of nitrogens with zero attached hydrogens (tertiary/aromatic N) is 1. The van der Waals surface area contributed by atoms with Crippen molar-refractivity contribution < 1.29 is 27.9 Å². The van der Waals surface area contributed by atoms with E-state index < -0.39 is 40.5 Å². The quantitative estimate of drug-likeness (QED) is 0.665. The molecule has 2 rings (SSSR count). The number of amides is 1. The summed E-state index contributed by atoms with van der Waals surface area (Å²) >= 11 is 1.13. The molecule has 0 aromatic carbocycles. The molecule has 2 N–H and O–H groups in total. The van der Waals surface area contributed by atoms with Crippen molar-refractivity contribution in [2.24, 2.45) is 5.92 Å². The molecular weight excluding hydrogens is 356 g/mol. The highest BCUT2D eigenvalue weighted by Gasteiger charge is 2.35. The number of esters is 1. The number of sulfonamides is 1. The number of aliphatic hydroxyl groups is 1. The summed E-state index contributed by atoms with van der Waals surface area (Å²) in [5, 5.41) is 13.3. The Morgan fingerprint density at radius 3 is 2.88 bits per heavy atom. The zero-order valence-electron chi connectivity index (χ0n) is 13.2. The lowest BCUT2D eigenvalue weighted by Gasteiger charge is -2.31. The summed E-state index contributed by atoms with van der Waals surface area (Å²) in [7, 11) is -2.45. The van der Waals surface area contributed by atoms with Crippen LogP contribution in [-0.2, 0) is 24.3 Å². The van der Waals surface area contributed by atoms with E-state index in [1.54, 1.807) is 11.4 Å². The van der Waals surface area contributed by atoms with Gasteiger partial charge in [0.15, 0.2) is 6.04 Å². The Morgan fingerprint density at radius 2 is 2.29 bits per heavy atom. The van der Waals surface area contributed by atoms with Gasteiger partial charge in [-0.05, 0) is 24.3 Å². The Kier molecular flexibility index (Phi) is 6.33. The van der Waals surface area contributed by atoms with E-state index in [2.05, 4.69) is 10.1 Å². The first kappa shape index (κ1) is 18.8. The number of hydrogen-bond donors (Lipinski definition) is 2. The van der Waals surface area contributed by atoms with Gasteiger partial charge >= 0.3 is 5.97 Å². The van der Waals surface area contributed by atoms with E-state index in [4.69, 9.17) is 5.11 Å². The molecular formula is C14H20N2O6S2. The van der Waals surface area contributed by atoms with Crippen molar-refractivity contribution >= 4 is 33.2 Å². The van der Waals surface area contributed by atoms with Gasteiger partial charge < -0.3 is 15.2 Å². The van der Waals surface area contributed by atoms with E-state index >= 15 is 0 Å². The van der Waals surface area contributed by atoms with Crippen LogP contribution in [0.2, 0.25) is 0 Å². The fraction of sp³-hybridized carbons (Fsp3) is 0.571. The summed E-state index contributed by atoms with van der Waals surface area (Å²) in [6, 6.07) is 2.04. The molecule has 0 unspecified atom stereocenters. The van der Waals surface area contributed by atoms with E-state index in [1.807, 2.05) is 0 Å². The van der Waals surface area contributed by atoms with Crippen molar-refractivity contribution in [2.45, 2.75) is 23.1 Å². The molecule has 1 amide bonds. The number of nitrogens with one attached hydrogen (secondary N) is 1. The Balaban J connectivity index is 2.05. The summed E-state index contributed by atoms with van der Waals surface area (Å²) in [6.07, 6.45) is 1.06. The van der Waals surface area contributed by atoms with E-state index in [9.17, 15) is 18.0 Å². The average Bonchev–Trinajstić information content (AvgIpc) is 3.14. The highest BCUT2D eigenvalue weighted by molar-refractivity contribution is 7.91. The largest absolute Gasteiger partial charge is 0.467 e. The molecule has 134 valence electrons. The molecule has 1 aromatic rings. The molecule has 0 spiro atoms. The molecule has 24 heavy (non-hydrogen) atoms. The average molecular weight is 376 g/mol. The van der Waals surface area contributed by atoms with Crippen LogP contribution in [-0.4, -0.2) is 62.6 Å². The number of carbonyl (C=O) groups is 2. The van der Waals surface area contributed by atoms with E-state index in [0.717, 1.165) is 18.4 Å². The molecule has 10 heteroatoms. The number of carbonyl (C=O) groups excluding carboxylic acids is 2. The number of aliphatic hydroxyl groups excluding tert-OH is 1. The number of methoxy groups -OCH3 is 1. The second kappa shape index (κ2) is 8.06. The Labute approximate surface area is 144 Å². The molecule has 0 saturated carbocycles. The third-order valence-corrected chi connectivity index (χ3v) is 7.07. The summed E-state index contributed by atoms with van der Waals surface area (Å²) < 4.78 is 31.1. The van der Waals surface area contributed by atoms with E-state index in [1.165, 1.54) is 10.4 Å². The SMILES string of the molecule is COC(=O)[C@H](CO)NC(=O)[C@@H]1CCCN(S(=O)(=O)c2cccs2)C1. The summed E-state index contributed by atoms with van der Waals surface area (Å²) in [6.45, 7) is -0.182. The van der Waals surface area contributed by atoms with Gasteiger partial charge in [0.25, 0.3) is 10.0 Å². The summed E-state index contributed by atoms with van der Waals surface area (Å²) in [5.74, 6) is -1.79. The normalized spacial score (nSPS) is 20.3. The van der Waals surface area contributed by atoms with E-state index in [0.29, 0.717) is 19.4 Å². The van der Waals surface area contributed by atoms with Gasteiger partial charge in [0.05, 0.1) is 19.6 Å². The molecule has 2 atom stereocenters. The molecule has 1 aromatic heterocycles. The van der Waals surface area contributed by atoms with Gasteiger partial charge in [-0.2, -0.15) is 4.31 Å². The Bertz CT molecular complexity index is 673. The molecule has 8 nitrogen and oxygen atoms in total. The van der Waals surface area contributed by atoms with Crippen LogP contribution < -0.4 is 5.32 Å². The van der Waals surface area contributed by atoms with Crippen LogP contribution in [0.15, 0.2) is 21.7 Å². The third kappa shape index (κ3) is 4.12. The van der Waals surface area contributed by atoms with E-state index in [-0.39, 0.29) is 10.8 Å². The minimum Gasteiger partial charge on any atom is -0.467 e. The standard InChI is InChI=1S/C14H20N2O6S2/c1-22-14(19)11(9-17)15-13(18)10-4-2-6-16(8-10)24(20,21)12-5-3-7-23-12/h3,5,7,10-11,17H,2,4,6,8-9H2,1H3,(H,15,18)/t10-,11+/m1/s1. The first-order valence-corrected chi connectivity index (χ1v) is 9.74. The zero-order chi connectivity index (χ0) is 17.7. The molecule has 1 aliphatic heterocycles. The molecule has 2 heterocycles. The summed E-state index contributed by atoms with van der Waals surface area (Å²) in [4.78, 5) is 23.7. The number of ether oxygens (including phenoxy) is 1. The van der Waals surface area contributed by atoms with Gasteiger partial charge in [-0.3, -0.25) is 4.79 Å². The second-order valence-electron chi connectivity index (χ2n) is 5.40. The Morgan fingerprint density at radius 1 is 1.54 bits per heavy atom. The summed E-state index contributed by atoms with van der Waals surface area (Å²) in [5.41, 5.74) is 0. The fourth-order valence-corrected chi connectivity index (χ4v) is 5.19. The number of rotatable bonds is 6. The van der Waals surface area contributed by atoms with Crippen LogP contribution in [0.5, 0.6) is 0 Å². The lowest BCUT2D eigenvalue weighted by molar-refractivity contribution is -0.146. The van der Waals surface area contributed by atoms with Gasteiger partial charge in [-0.1, -0.05) is 6.07 Å². The maximum absolute atomic E-state index is 12.5. The molecule has 1 saturated heterocycles. The number of piperidine rings is 1. The van der Waals surface area contributed by atoms with Crippen LogP contribution in [0.1, 0.15) is 12.8 Å². The molecule has 1 aliphatic rings. The maximum Gasteiger partial charge on any atom is 0.330 e. The minimum atomic E-state index is -3.61. The van der Waals surface area contributed by atoms with Gasteiger partial charge in [-0.15, -0.1) is 11.3 Å². The van der Waals surface area contributed by atoms with Crippen molar-refractivity contribution in [1.82, 2.24) is 9.62 Å². The van der Waals surface area contributed by atoms with Crippen LogP contribution in [0.4, 0.5) is 0 Å². The van der Waals surface area contributed by atoms with Crippen molar-refractivity contribution in [2.75, 3.05) is 26.8 Å². The first-order chi connectivity index (χ1) is 11.4. The zero-order valence-corrected chi connectivity index (χ0v) is 14.8. The van der Waals surface area contributed by atoms with Gasteiger partial charge in [0.1, 0.15) is 4.21 Å². The lowest BCUT2D eigenvalue weighted by Crippen LogP contribution is -2.50. The monoisotopic (exact) mass is 376 g/mol. The number of thiophene rings is 1. The van der Waals surface area contributed by atoms with Crippen LogP contribution >= 0.6 is 11.3 Å². The predicted octanol–water partition coefficient (Wildman–Crippen LogP) is -0.201. The second-order valence-corrected chi connectivity index (χ2v) is 8.51. The highest BCUT2D eigenvalue weighted by Crippen LogP contribution is 2.26. The molecule has 0 radical (unpaired) electrons. The molecule has 0 bridgehead atoms. The van der Waals surface area contributed by atoms with Crippen molar-refractivity contribution in [3.63, 3.8) is 0 Å². The van der Waals surface area contributed by atoms with Gasteiger partial charge in [0, 0.05) is 13.1 Å². The van der Waals surface area contributed by atoms with Crippen molar-refractivity contribution in [3.8, 4) is 0 Å². The smallest absolute Gasteiger partial charge is 0.330 e. The third-order valence-electron chi connectivity index (χ3n) is 3.83. The van der Waals surface area contributed by atoms with Crippen LogP contribution in [0.25, 0.3) is 0 Å². The maximum atomic E-state index is 12.5. The first-order valence-electron chi connectivity index (χ1n) is 7.43. The van der Waals surface area contributed by atoms with Gasteiger partial charge in [0.2, 0.25) is 5.91 Å². The van der Waals surface area contributed by atoms with Crippen LogP contribution in [0.3, 0.4) is 0 Å². The predicted molar refractivity (Wildman–Crippen MR) is 86.8 cm³/mol. The topological polar surface area (TPSA) is 113 Å². The van der Waals surface area contributed by atoms with Crippen molar-refractivity contribution in [1.29, 1.82) is 0 Å². The Hall–Kier alpha value is -1.49. The molecule has 0 aliphatic carbocycles. The fourth-order valence-electron chi connectivity index (χ4n) is 2.52. The minimum absolute atomic E-state index is 0.0470. The van der Waals surface area contributed by atoms with Crippen LogP contribution in [0, 0.1) is 5.92 Å². The molecule has 1 fully saturated rings.